The van der Waals surface area contributed by atoms with Gasteiger partial charge in [0, 0.05) is 39.1 Å². The summed E-state index contributed by atoms with van der Waals surface area (Å²) in [4.78, 5) is 35.2. The van der Waals surface area contributed by atoms with E-state index in [2.05, 4.69) is 4.98 Å². The number of aromatic nitrogens is 1. The quantitative estimate of drug-likeness (QED) is 0.792. The van der Waals surface area contributed by atoms with Crippen LogP contribution in [0.5, 0.6) is 0 Å². The highest BCUT2D eigenvalue weighted by Crippen LogP contribution is 2.25. The second kappa shape index (κ2) is 7.40. The summed E-state index contributed by atoms with van der Waals surface area (Å²) >= 11 is 1.61. The number of morpholine rings is 1. The van der Waals surface area contributed by atoms with Crippen LogP contribution < -0.4 is 4.90 Å². The number of thioether (sulfide) groups is 1. The molecule has 3 rings (SSSR count). The number of amides is 2. The van der Waals surface area contributed by atoms with E-state index in [0.717, 1.165) is 5.82 Å². The molecule has 2 saturated heterocycles. The van der Waals surface area contributed by atoms with Gasteiger partial charge in [-0.3, -0.25) is 9.59 Å². The fraction of sp³-hybridized carbons (Fsp3) is 0.562. The molecule has 24 heavy (non-hydrogen) atoms. The second-order valence-corrected chi connectivity index (χ2v) is 7.03. The average molecular weight is 350 g/mol. The highest BCUT2D eigenvalue weighted by atomic mass is 32.2. The number of hydrogen-bond acceptors (Lipinski definition) is 6. The van der Waals surface area contributed by atoms with E-state index in [1.165, 1.54) is 0 Å². The van der Waals surface area contributed by atoms with Crippen molar-refractivity contribution in [3.8, 4) is 0 Å². The highest BCUT2D eigenvalue weighted by Gasteiger charge is 2.37. The molecule has 7 nitrogen and oxygen atoms in total. The van der Waals surface area contributed by atoms with Gasteiger partial charge in [0.05, 0.1) is 24.7 Å². The maximum Gasteiger partial charge on any atom is 0.256 e. The van der Waals surface area contributed by atoms with Crippen LogP contribution in [0, 0.1) is 0 Å². The molecule has 2 aliphatic heterocycles. The molecule has 2 aliphatic rings. The lowest BCUT2D eigenvalue weighted by Gasteiger charge is -2.32. The molecule has 2 fully saturated rings. The molecule has 1 aromatic heterocycles. The summed E-state index contributed by atoms with van der Waals surface area (Å²) in [6.07, 6.45) is 1.58. The van der Waals surface area contributed by atoms with E-state index in [1.54, 1.807) is 33.8 Å². The number of pyridine rings is 1. The van der Waals surface area contributed by atoms with Gasteiger partial charge >= 0.3 is 0 Å². The number of anilines is 1. The molecule has 0 aromatic carbocycles. The zero-order valence-electron chi connectivity index (χ0n) is 14.0. The van der Waals surface area contributed by atoms with Gasteiger partial charge in [0.15, 0.2) is 0 Å². The Morgan fingerprint density at radius 2 is 2.04 bits per heavy atom. The number of carbonyl (C=O) groups is 2. The van der Waals surface area contributed by atoms with E-state index in [4.69, 9.17) is 4.74 Å². The van der Waals surface area contributed by atoms with E-state index in [1.807, 2.05) is 25.1 Å². The third kappa shape index (κ3) is 3.49. The van der Waals surface area contributed by atoms with Crippen LogP contribution in [0.2, 0.25) is 0 Å². The number of hydrogen-bond donors (Lipinski definition) is 0. The van der Waals surface area contributed by atoms with Gasteiger partial charge in [-0.1, -0.05) is 0 Å². The molecule has 0 radical (unpaired) electrons. The van der Waals surface area contributed by atoms with Crippen LogP contribution in [0.1, 0.15) is 10.4 Å². The Labute approximate surface area is 145 Å². The monoisotopic (exact) mass is 350 g/mol. The molecular weight excluding hydrogens is 328 g/mol. The predicted octanol–water partition coefficient (Wildman–Crippen LogP) is 0.522. The maximum absolute atomic E-state index is 12.8. The molecule has 1 aromatic rings. The molecule has 0 spiro atoms. The number of rotatable bonds is 3. The SMILES string of the molecule is CN(C)c1ccc(C(=O)N2CSCC2C(=O)N2CCOCC2)cn1. The lowest BCUT2D eigenvalue weighted by molar-refractivity contribution is -0.138. The fourth-order valence-electron chi connectivity index (χ4n) is 2.78. The van der Waals surface area contributed by atoms with Crippen LogP contribution in [0.3, 0.4) is 0 Å². The van der Waals surface area contributed by atoms with Crippen LogP contribution in [0.15, 0.2) is 18.3 Å². The molecule has 0 saturated carbocycles. The standard InChI is InChI=1S/C16H22N4O3S/c1-18(2)14-4-3-12(9-17-14)15(21)20-11-24-10-13(20)16(22)19-5-7-23-8-6-19/h3-4,9,13H,5-8,10-11H2,1-2H3. The average Bonchev–Trinajstić information content (AvgIpc) is 3.11. The van der Waals surface area contributed by atoms with Crippen molar-refractivity contribution in [2.24, 2.45) is 0 Å². The van der Waals surface area contributed by atoms with Gasteiger partial charge in [0.2, 0.25) is 5.91 Å². The first-order valence-corrected chi connectivity index (χ1v) is 9.12. The molecule has 3 heterocycles. The van der Waals surface area contributed by atoms with E-state index in [9.17, 15) is 9.59 Å². The second-order valence-electron chi connectivity index (χ2n) is 6.03. The molecule has 0 N–H and O–H groups in total. The Morgan fingerprint density at radius 3 is 2.67 bits per heavy atom. The van der Waals surface area contributed by atoms with Gasteiger partial charge < -0.3 is 19.4 Å². The molecule has 1 atom stereocenters. The minimum Gasteiger partial charge on any atom is -0.378 e. The summed E-state index contributed by atoms with van der Waals surface area (Å²) in [5, 5.41) is 0. The van der Waals surface area contributed by atoms with Gasteiger partial charge in [0.25, 0.3) is 5.91 Å². The van der Waals surface area contributed by atoms with E-state index >= 15 is 0 Å². The first-order valence-electron chi connectivity index (χ1n) is 7.96. The smallest absolute Gasteiger partial charge is 0.256 e. The lowest BCUT2D eigenvalue weighted by Crippen LogP contribution is -2.52. The Hall–Kier alpha value is -1.80. The Bertz CT molecular complexity index is 602. The van der Waals surface area contributed by atoms with Gasteiger partial charge in [-0.2, -0.15) is 0 Å². The van der Waals surface area contributed by atoms with E-state index in [-0.39, 0.29) is 11.8 Å². The lowest BCUT2D eigenvalue weighted by atomic mass is 10.2. The van der Waals surface area contributed by atoms with Gasteiger partial charge in [0.1, 0.15) is 11.9 Å². The summed E-state index contributed by atoms with van der Waals surface area (Å²) in [7, 11) is 3.80. The Kier molecular flexibility index (Phi) is 5.25. The topological polar surface area (TPSA) is 66.0 Å². The van der Waals surface area contributed by atoms with Gasteiger partial charge in [-0.15, -0.1) is 11.8 Å². The van der Waals surface area contributed by atoms with Crippen molar-refractivity contribution < 1.29 is 14.3 Å². The van der Waals surface area contributed by atoms with Crippen LogP contribution in [0.25, 0.3) is 0 Å². The maximum atomic E-state index is 12.8. The third-order valence-corrected chi connectivity index (χ3v) is 5.22. The van der Waals surface area contributed by atoms with Gasteiger partial charge in [-0.25, -0.2) is 4.98 Å². The van der Waals surface area contributed by atoms with Crippen molar-refractivity contribution in [1.82, 2.24) is 14.8 Å². The molecule has 0 bridgehead atoms. The summed E-state index contributed by atoms with van der Waals surface area (Å²) in [6.45, 7) is 2.33. The summed E-state index contributed by atoms with van der Waals surface area (Å²) in [6, 6.07) is 3.19. The first-order chi connectivity index (χ1) is 11.6. The zero-order chi connectivity index (χ0) is 17.1. The minimum atomic E-state index is -0.394. The van der Waals surface area contributed by atoms with Crippen molar-refractivity contribution in [2.75, 3.05) is 56.9 Å². The number of ether oxygens (including phenoxy) is 1. The summed E-state index contributed by atoms with van der Waals surface area (Å²) < 4.78 is 5.29. The van der Waals surface area contributed by atoms with Crippen LogP contribution >= 0.6 is 11.8 Å². The van der Waals surface area contributed by atoms with Crippen LogP contribution in [-0.4, -0.2) is 84.7 Å². The van der Waals surface area contributed by atoms with E-state index in [0.29, 0.717) is 43.5 Å². The number of carbonyl (C=O) groups excluding carboxylic acids is 2. The molecule has 8 heteroatoms. The van der Waals surface area contributed by atoms with Crippen molar-refractivity contribution in [2.45, 2.75) is 6.04 Å². The highest BCUT2D eigenvalue weighted by molar-refractivity contribution is 7.99. The molecular formula is C16H22N4O3S. The first kappa shape index (κ1) is 17.0. The summed E-state index contributed by atoms with van der Waals surface area (Å²) in [5.41, 5.74) is 0.517. The van der Waals surface area contributed by atoms with Gasteiger partial charge in [-0.05, 0) is 12.1 Å². The predicted molar refractivity (Wildman–Crippen MR) is 93.2 cm³/mol. The van der Waals surface area contributed by atoms with Crippen molar-refractivity contribution >= 4 is 29.4 Å². The van der Waals surface area contributed by atoms with E-state index < -0.39 is 6.04 Å². The zero-order valence-corrected chi connectivity index (χ0v) is 14.8. The molecule has 130 valence electrons. The minimum absolute atomic E-state index is 0.0227. The largest absolute Gasteiger partial charge is 0.378 e. The Morgan fingerprint density at radius 1 is 1.29 bits per heavy atom. The molecule has 0 aliphatic carbocycles. The number of nitrogens with zero attached hydrogens (tertiary/aromatic N) is 4. The van der Waals surface area contributed by atoms with Crippen molar-refractivity contribution in [3.63, 3.8) is 0 Å². The third-order valence-electron chi connectivity index (χ3n) is 4.20. The summed E-state index contributed by atoms with van der Waals surface area (Å²) in [5.74, 6) is 1.86. The normalized spacial score (nSPS) is 21.0. The molecule has 1 unspecified atom stereocenters. The molecule has 2 amide bonds. The van der Waals surface area contributed by atoms with Crippen molar-refractivity contribution in [3.05, 3.63) is 23.9 Å². The van der Waals surface area contributed by atoms with Crippen molar-refractivity contribution in [1.29, 1.82) is 0 Å². The van der Waals surface area contributed by atoms with Crippen LogP contribution in [0.4, 0.5) is 5.82 Å². The fourth-order valence-corrected chi connectivity index (χ4v) is 3.93. The van der Waals surface area contributed by atoms with Crippen LogP contribution in [-0.2, 0) is 9.53 Å². The Balaban J connectivity index is 1.72.